The lowest BCUT2D eigenvalue weighted by Crippen LogP contribution is -2.47. The first-order valence-corrected chi connectivity index (χ1v) is 10.8. The predicted octanol–water partition coefficient (Wildman–Crippen LogP) is 3.46. The van der Waals surface area contributed by atoms with Crippen molar-refractivity contribution in [2.24, 2.45) is 16.9 Å². The molecule has 0 unspecified atom stereocenters. The van der Waals surface area contributed by atoms with Gasteiger partial charge in [-0.05, 0) is 48.5 Å². The van der Waals surface area contributed by atoms with Gasteiger partial charge in [0.25, 0.3) is 0 Å². The van der Waals surface area contributed by atoms with Crippen LogP contribution in [0.2, 0.25) is 5.02 Å². The lowest BCUT2D eigenvalue weighted by Gasteiger charge is -2.30. The Morgan fingerprint density at radius 2 is 1.81 bits per heavy atom. The maximum absolute atomic E-state index is 13.5. The summed E-state index contributed by atoms with van der Waals surface area (Å²) in [6, 6.07) is 12.3. The number of nitrogens with one attached hydrogen (secondary N) is 1. The van der Waals surface area contributed by atoms with Crippen molar-refractivity contribution in [1.82, 2.24) is 5.01 Å². The van der Waals surface area contributed by atoms with Gasteiger partial charge < -0.3 is 5.32 Å². The number of carbonyl (C=O) groups excluding carboxylic acids is 3. The van der Waals surface area contributed by atoms with E-state index < -0.39 is 35.7 Å². The number of halogens is 2. The number of imide groups is 1. The fourth-order valence-corrected chi connectivity index (χ4v) is 4.97. The average molecular weight is 500 g/mol. The minimum atomic E-state index is -0.916. The standard InChI is InChI=1S/C22H16BrClN4O3/c23-12-3-1-4-15(11-12)27-21(30)17-16-5-2-10-25-28(16)19(18(17)22(27)31)20(29)26-14-8-6-13(24)7-9-14/h1-11,16-19H,(H,26,29)/t16-,17-,18-,19+/m1/s1. The second kappa shape index (κ2) is 7.62. The topological polar surface area (TPSA) is 82.1 Å². The van der Waals surface area contributed by atoms with Gasteiger partial charge in [0.05, 0.1) is 23.6 Å². The molecule has 2 aromatic rings. The number of nitrogens with zero attached hydrogens (tertiary/aromatic N) is 3. The van der Waals surface area contributed by atoms with Gasteiger partial charge in [0.15, 0.2) is 0 Å². The molecule has 0 saturated carbocycles. The molecule has 4 atom stereocenters. The van der Waals surface area contributed by atoms with Gasteiger partial charge in [-0.3, -0.25) is 19.4 Å². The van der Waals surface area contributed by atoms with Gasteiger partial charge in [-0.25, -0.2) is 4.90 Å². The smallest absolute Gasteiger partial charge is 0.249 e. The molecular formula is C22H16BrClN4O3. The maximum Gasteiger partial charge on any atom is 0.249 e. The Balaban J connectivity index is 1.51. The summed E-state index contributed by atoms with van der Waals surface area (Å²) in [7, 11) is 0. The van der Waals surface area contributed by atoms with E-state index in [1.54, 1.807) is 59.8 Å². The number of benzene rings is 2. The first kappa shape index (κ1) is 20.0. The highest BCUT2D eigenvalue weighted by molar-refractivity contribution is 9.10. The molecule has 2 aromatic carbocycles. The molecule has 0 bridgehead atoms. The van der Waals surface area contributed by atoms with Crippen molar-refractivity contribution in [1.29, 1.82) is 0 Å². The monoisotopic (exact) mass is 498 g/mol. The predicted molar refractivity (Wildman–Crippen MR) is 121 cm³/mol. The van der Waals surface area contributed by atoms with Crippen LogP contribution in [0.1, 0.15) is 0 Å². The largest absolute Gasteiger partial charge is 0.324 e. The highest BCUT2D eigenvalue weighted by Gasteiger charge is 2.64. The Bertz CT molecular complexity index is 1150. The van der Waals surface area contributed by atoms with Gasteiger partial charge in [0, 0.05) is 21.4 Å². The second-order valence-corrected chi connectivity index (χ2v) is 8.86. The van der Waals surface area contributed by atoms with E-state index >= 15 is 0 Å². The highest BCUT2D eigenvalue weighted by atomic mass is 79.9. The molecule has 0 aliphatic carbocycles. The molecule has 5 rings (SSSR count). The van der Waals surface area contributed by atoms with E-state index in [0.717, 1.165) is 4.47 Å². The van der Waals surface area contributed by atoms with E-state index in [1.807, 2.05) is 12.1 Å². The van der Waals surface area contributed by atoms with Crippen LogP contribution in [0, 0.1) is 11.8 Å². The number of allylic oxidation sites excluding steroid dienone is 1. The highest BCUT2D eigenvalue weighted by Crippen LogP contribution is 2.45. The van der Waals surface area contributed by atoms with E-state index in [0.29, 0.717) is 16.4 Å². The normalized spacial score (nSPS) is 26.3. The van der Waals surface area contributed by atoms with E-state index in [2.05, 4.69) is 26.3 Å². The fourth-order valence-electron chi connectivity index (χ4n) is 4.46. The van der Waals surface area contributed by atoms with Crippen molar-refractivity contribution in [2.75, 3.05) is 10.2 Å². The summed E-state index contributed by atoms with van der Waals surface area (Å²) in [6.07, 6.45) is 5.11. The molecule has 3 aliphatic heterocycles. The quantitative estimate of drug-likeness (QED) is 0.656. The van der Waals surface area contributed by atoms with Crippen molar-refractivity contribution in [3.8, 4) is 0 Å². The number of hydrogen-bond acceptors (Lipinski definition) is 5. The minimum Gasteiger partial charge on any atom is -0.324 e. The van der Waals surface area contributed by atoms with Crippen LogP contribution in [-0.2, 0) is 14.4 Å². The Labute approximate surface area is 191 Å². The van der Waals surface area contributed by atoms with Crippen molar-refractivity contribution < 1.29 is 14.4 Å². The molecule has 3 aliphatic rings. The van der Waals surface area contributed by atoms with E-state index in [1.165, 1.54) is 4.90 Å². The zero-order valence-corrected chi connectivity index (χ0v) is 18.3. The van der Waals surface area contributed by atoms with Gasteiger partial charge in [-0.1, -0.05) is 39.7 Å². The number of amides is 3. The molecule has 7 nitrogen and oxygen atoms in total. The molecular weight excluding hydrogens is 484 g/mol. The summed E-state index contributed by atoms with van der Waals surface area (Å²) < 4.78 is 0.753. The van der Waals surface area contributed by atoms with Gasteiger partial charge in [0.2, 0.25) is 17.7 Å². The van der Waals surface area contributed by atoms with Crippen LogP contribution in [0.15, 0.2) is 70.3 Å². The Morgan fingerprint density at radius 1 is 1.06 bits per heavy atom. The lowest BCUT2D eigenvalue weighted by atomic mass is 9.88. The van der Waals surface area contributed by atoms with Crippen LogP contribution in [0.3, 0.4) is 0 Å². The molecule has 1 N–H and O–H groups in total. The first-order valence-electron chi connectivity index (χ1n) is 9.64. The summed E-state index contributed by atoms with van der Waals surface area (Å²) in [5.74, 6) is -2.66. The van der Waals surface area contributed by atoms with Crippen molar-refractivity contribution in [3.05, 3.63) is 70.2 Å². The number of carbonyl (C=O) groups is 3. The van der Waals surface area contributed by atoms with Crippen LogP contribution in [-0.4, -0.2) is 41.0 Å². The Morgan fingerprint density at radius 3 is 2.55 bits per heavy atom. The van der Waals surface area contributed by atoms with Crippen LogP contribution < -0.4 is 10.2 Å². The van der Waals surface area contributed by atoms with Crippen LogP contribution in [0.4, 0.5) is 11.4 Å². The summed E-state index contributed by atoms with van der Waals surface area (Å²) in [5.41, 5.74) is 1.03. The lowest BCUT2D eigenvalue weighted by molar-refractivity contribution is -0.129. The molecule has 0 spiro atoms. The third-order valence-electron chi connectivity index (χ3n) is 5.74. The number of anilines is 2. The Kier molecular flexibility index (Phi) is 4.91. The minimum absolute atomic E-state index is 0.327. The molecule has 9 heteroatoms. The van der Waals surface area contributed by atoms with Gasteiger partial charge in [-0.2, -0.15) is 5.10 Å². The molecule has 0 radical (unpaired) electrons. The average Bonchev–Trinajstić information content (AvgIpc) is 3.23. The molecule has 0 aromatic heterocycles. The summed E-state index contributed by atoms with van der Waals surface area (Å²) >= 11 is 9.30. The number of fused-ring (bicyclic) bond motifs is 3. The zero-order valence-electron chi connectivity index (χ0n) is 16.0. The summed E-state index contributed by atoms with van der Waals surface area (Å²) in [6.45, 7) is 0. The number of hydrazone groups is 1. The number of rotatable bonds is 3. The molecule has 156 valence electrons. The maximum atomic E-state index is 13.5. The second-order valence-electron chi connectivity index (χ2n) is 7.50. The van der Waals surface area contributed by atoms with Crippen molar-refractivity contribution in [2.45, 2.75) is 12.1 Å². The van der Waals surface area contributed by atoms with Gasteiger partial charge in [-0.15, -0.1) is 0 Å². The van der Waals surface area contributed by atoms with Crippen LogP contribution >= 0.6 is 27.5 Å². The van der Waals surface area contributed by atoms with Crippen molar-refractivity contribution in [3.63, 3.8) is 0 Å². The zero-order chi connectivity index (χ0) is 21.7. The molecule has 31 heavy (non-hydrogen) atoms. The van der Waals surface area contributed by atoms with E-state index in [9.17, 15) is 14.4 Å². The van der Waals surface area contributed by atoms with Crippen molar-refractivity contribution >= 4 is 62.8 Å². The fraction of sp³-hybridized carbons (Fsp3) is 0.182. The van der Waals surface area contributed by atoms with Gasteiger partial charge >= 0.3 is 0 Å². The van der Waals surface area contributed by atoms with E-state index in [4.69, 9.17) is 11.6 Å². The third-order valence-corrected chi connectivity index (χ3v) is 6.48. The third kappa shape index (κ3) is 3.26. The summed E-state index contributed by atoms with van der Waals surface area (Å²) in [4.78, 5) is 41.3. The summed E-state index contributed by atoms with van der Waals surface area (Å²) in [5, 5.41) is 9.26. The molecule has 2 fully saturated rings. The van der Waals surface area contributed by atoms with Gasteiger partial charge in [0.1, 0.15) is 6.04 Å². The number of hydrogen-bond donors (Lipinski definition) is 1. The molecule has 3 amide bonds. The molecule has 2 saturated heterocycles. The Hall–Kier alpha value is -2.97. The van der Waals surface area contributed by atoms with E-state index in [-0.39, 0.29) is 5.91 Å². The molecule has 3 heterocycles. The van der Waals surface area contributed by atoms with Crippen LogP contribution in [0.25, 0.3) is 0 Å². The SMILES string of the molecule is O=C(Nc1ccc(Cl)cc1)[C@@H]1[C@@H]2C(=O)N(c3cccc(Br)c3)C(=O)[C@@H]2[C@H]2C=CC=NN21. The van der Waals surface area contributed by atoms with Crippen LogP contribution in [0.5, 0.6) is 0 Å². The first-order chi connectivity index (χ1) is 15.0.